The van der Waals surface area contributed by atoms with E-state index in [1.54, 1.807) is 13.0 Å². The normalized spacial score (nSPS) is 17.7. The highest BCUT2D eigenvalue weighted by molar-refractivity contribution is 6.22. The number of aromatic nitrogens is 2. The van der Waals surface area contributed by atoms with E-state index in [0.29, 0.717) is 25.2 Å². The Morgan fingerprint density at radius 2 is 2.08 bits per heavy atom. The molecule has 0 unspecified atom stereocenters. The molecule has 0 aliphatic carbocycles. The summed E-state index contributed by atoms with van der Waals surface area (Å²) in [6, 6.07) is 1.67. The average Bonchev–Trinajstić information content (AvgIpc) is 2.98. The molecule has 2 rings (SSSR count). The fraction of sp³-hybridized carbons (Fsp3) is 0.400. The van der Waals surface area contributed by atoms with Gasteiger partial charge < -0.3 is 16.4 Å². The van der Waals surface area contributed by atoms with Crippen molar-refractivity contribution in [2.75, 3.05) is 18.0 Å². The number of nitrogens with one attached hydrogen (secondary N) is 1. The maximum Gasteiger partial charge on any atom is 0.261 e. The summed E-state index contributed by atoms with van der Waals surface area (Å²) in [5, 5.41) is 10.2. The average molecular weight is 332 g/mol. The zero-order chi connectivity index (χ0) is 17.9. The molecule has 9 heteroatoms. The SMILES string of the molecule is CC(=O)NC(=O)/C(=C\N)c1cc(N2CC[C@@H](C(N)=O)C2)c(C)nn1. The number of hydrogen-bond donors (Lipinski definition) is 3. The molecule has 0 spiro atoms. The summed E-state index contributed by atoms with van der Waals surface area (Å²) in [6.45, 7) is 4.15. The molecule has 0 bridgehead atoms. The standard InChI is InChI=1S/C15H20N6O3/c1-8-13(21-4-3-10(7-21)14(17)23)5-12(20-19-8)11(6-16)15(24)18-9(2)22/h5-6,10H,3-4,7,16H2,1-2H3,(H2,17,23)(H,18,22,24)/b11-6-/t10-/m1/s1. The predicted octanol–water partition coefficient (Wildman–Crippen LogP) is -0.941. The monoisotopic (exact) mass is 332 g/mol. The maximum atomic E-state index is 12.0. The van der Waals surface area contributed by atoms with Crippen LogP contribution in [0.3, 0.4) is 0 Å². The molecule has 0 saturated carbocycles. The molecule has 1 aliphatic rings. The highest BCUT2D eigenvalue weighted by atomic mass is 16.2. The van der Waals surface area contributed by atoms with E-state index in [0.717, 1.165) is 11.9 Å². The summed E-state index contributed by atoms with van der Waals surface area (Å²) in [4.78, 5) is 36.4. The smallest absolute Gasteiger partial charge is 0.261 e. The molecule has 5 N–H and O–H groups in total. The van der Waals surface area contributed by atoms with Crippen molar-refractivity contribution in [1.82, 2.24) is 15.5 Å². The molecule has 1 aromatic heterocycles. The molecule has 1 saturated heterocycles. The van der Waals surface area contributed by atoms with Crippen LogP contribution in [-0.4, -0.2) is 41.0 Å². The topological polar surface area (TPSA) is 144 Å². The number of anilines is 1. The van der Waals surface area contributed by atoms with E-state index in [2.05, 4.69) is 15.5 Å². The third-order valence-electron chi connectivity index (χ3n) is 3.86. The minimum atomic E-state index is -0.648. The molecule has 24 heavy (non-hydrogen) atoms. The fourth-order valence-corrected chi connectivity index (χ4v) is 2.61. The molecule has 1 aliphatic heterocycles. The first-order valence-corrected chi connectivity index (χ1v) is 7.46. The van der Waals surface area contributed by atoms with Crippen molar-refractivity contribution in [3.05, 3.63) is 23.7 Å². The Morgan fingerprint density at radius 1 is 1.38 bits per heavy atom. The third-order valence-corrected chi connectivity index (χ3v) is 3.86. The molecule has 128 valence electrons. The molecule has 1 atom stereocenters. The van der Waals surface area contributed by atoms with Gasteiger partial charge in [-0.1, -0.05) is 0 Å². The summed E-state index contributed by atoms with van der Waals surface area (Å²) in [7, 11) is 0. The summed E-state index contributed by atoms with van der Waals surface area (Å²) >= 11 is 0. The quantitative estimate of drug-likeness (QED) is 0.603. The number of nitrogens with two attached hydrogens (primary N) is 2. The largest absolute Gasteiger partial charge is 0.404 e. The maximum absolute atomic E-state index is 12.0. The van der Waals surface area contributed by atoms with Crippen LogP contribution in [-0.2, 0) is 14.4 Å². The summed E-state index contributed by atoms with van der Waals surface area (Å²) in [5.74, 6) is -1.69. The van der Waals surface area contributed by atoms with Gasteiger partial charge in [0.05, 0.1) is 22.9 Å². The second kappa shape index (κ2) is 7.07. The number of carbonyl (C=O) groups excluding carboxylic acids is 3. The number of nitrogens with zero attached hydrogens (tertiary/aromatic N) is 3. The van der Waals surface area contributed by atoms with Crippen molar-refractivity contribution in [2.45, 2.75) is 20.3 Å². The van der Waals surface area contributed by atoms with E-state index >= 15 is 0 Å². The van der Waals surface area contributed by atoms with Crippen molar-refractivity contribution in [3.63, 3.8) is 0 Å². The van der Waals surface area contributed by atoms with Gasteiger partial charge in [-0.2, -0.15) is 5.10 Å². The Kier molecular flexibility index (Phi) is 5.12. The predicted molar refractivity (Wildman–Crippen MR) is 87.3 cm³/mol. The Hall–Kier alpha value is -2.97. The van der Waals surface area contributed by atoms with Crippen LogP contribution in [0.1, 0.15) is 24.7 Å². The Bertz CT molecular complexity index is 715. The highest BCUT2D eigenvalue weighted by Gasteiger charge is 2.28. The van der Waals surface area contributed by atoms with Crippen molar-refractivity contribution >= 4 is 29.0 Å². The van der Waals surface area contributed by atoms with E-state index in [9.17, 15) is 14.4 Å². The number of carbonyl (C=O) groups is 3. The molecule has 3 amide bonds. The minimum absolute atomic E-state index is 0.0459. The molecular weight excluding hydrogens is 312 g/mol. The summed E-state index contributed by atoms with van der Waals surface area (Å²) in [6.07, 6.45) is 1.74. The van der Waals surface area contributed by atoms with Crippen LogP contribution in [0.15, 0.2) is 12.3 Å². The van der Waals surface area contributed by atoms with Crippen molar-refractivity contribution in [2.24, 2.45) is 17.4 Å². The minimum Gasteiger partial charge on any atom is -0.404 e. The van der Waals surface area contributed by atoms with Crippen LogP contribution in [0.2, 0.25) is 0 Å². The molecule has 1 aromatic rings. The number of imide groups is 1. The van der Waals surface area contributed by atoms with Gasteiger partial charge >= 0.3 is 0 Å². The van der Waals surface area contributed by atoms with E-state index < -0.39 is 11.8 Å². The van der Waals surface area contributed by atoms with Crippen molar-refractivity contribution in [1.29, 1.82) is 0 Å². The van der Waals surface area contributed by atoms with Gasteiger partial charge in [0.25, 0.3) is 5.91 Å². The molecule has 1 fully saturated rings. The zero-order valence-corrected chi connectivity index (χ0v) is 13.6. The molecule has 2 heterocycles. The van der Waals surface area contributed by atoms with Crippen molar-refractivity contribution in [3.8, 4) is 0 Å². The van der Waals surface area contributed by atoms with Gasteiger partial charge in [0.1, 0.15) is 5.69 Å². The van der Waals surface area contributed by atoms with Gasteiger partial charge in [0.15, 0.2) is 0 Å². The van der Waals surface area contributed by atoms with Crippen LogP contribution < -0.4 is 21.7 Å². The number of primary amides is 1. The lowest BCUT2D eigenvalue weighted by Gasteiger charge is -2.20. The number of aryl methyl sites for hydroxylation is 1. The highest BCUT2D eigenvalue weighted by Crippen LogP contribution is 2.27. The van der Waals surface area contributed by atoms with Crippen LogP contribution >= 0.6 is 0 Å². The van der Waals surface area contributed by atoms with E-state index in [4.69, 9.17) is 11.5 Å². The fourth-order valence-electron chi connectivity index (χ4n) is 2.61. The van der Waals surface area contributed by atoms with E-state index in [1.165, 1.54) is 6.92 Å². The first-order valence-electron chi connectivity index (χ1n) is 7.46. The van der Waals surface area contributed by atoms with E-state index in [-0.39, 0.29) is 23.1 Å². The second-order valence-electron chi connectivity index (χ2n) is 5.62. The number of amides is 3. The van der Waals surface area contributed by atoms with Crippen molar-refractivity contribution < 1.29 is 14.4 Å². The van der Waals surface area contributed by atoms with Crippen LogP contribution in [0.4, 0.5) is 5.69 Å². The van der Waals surface area contributed by atoms with Gasteiger partial charge in [-0.3, -0.25) is 19.7 Å². The van der Waals surface area contributed by atoms with Crippen LogP contribution in [0, 0.1) is 12.8 Å². The van der Waals surface area contributed by atoms with E-state index in [1.807, 2.05) is 4.90 Å². The first kappa shape index (κ1) is 17.4. The zero-order valence-electron chi connectivity index (χ0n) is 13.6. The van der Waals surface area contributed by atoms with Gasteiger partial charge in [0, 0.05) is 26.2 Å². The lowest BCUT2D eigenvalue weighted by atomic mass is 10.1. The third kappa shape index (κ3) is 3.67. The summed E-state index contributed by atoms with van der Waals surface area (Å²) in [5.41, 5.74) is 12.6. The molecular formula is C15H20N6O3. The Balaban J connectivity index is 2.30. The summed E-state index contributed by atoms with van der Waals surface area (Å²) < 4.78 is 0. The lowest BCUT2D eigenvalue weighted by molar-refractivity contribution is -0.126. The van der Waals surface area contributed by atoms with Gasteiger partial charge in [-0.05, 0) is 19.4 Å². The Morgan fingerprint density at radius 3 is 2.62 bits per heavy atom. The van der Waals surface area contributed by atoms with Crippen LogP contribution in [0.25, 0.3) is 5.57 Å². The lowest BCUT2D eigenvalue weighted by Crippen LogP contribution is -2.30. The molecule has 0 radical (unpaired) electrons. The molecule has 9 nitrogen and oxygen atoms in total. The van der Waals surface area contributed by atoms with Gasteiger partial charge in [-0.25, -0.2) is 0 Å². The first-order chi connectivity index (χ1) is 11.3. The number of hydrogen-bond acceptors (Lipinski definition) is 7. The molecule has 0 aromatic carbocycles. The Labute approximate surface area is 139 Å². The van der Waals surface area contributed by atoms with Crippen LogP contribution in [0.5, 0.6) is 0 Å². The number of rotatable bonds is 4. The second-order valence-corrected chi connectivity index (χ2v) is 5.62. The van der Waals surface area contributed by atoms with Gasteiger partial charge in [0.2, 0.25) is 11.8 Å². The van der Waals surface area contributed by atoms with Gasteiger partial charge in [-0.15, -0.1) is 5.10 Å².